The van der Waals surface area contributed by atoms with E-state index >= 15 is 0 Å². The molecule has 0 aliphatic rings. The molecule has 0 saturated carbocycles. The standard InChI is InChI=1S/C9H8O2.K/c1-2-7-11-9-5-3-8(10)4-6-9;/h1,3-6,10H,7H2;/q;+1/p-1. The molecule has 12 heavy (non-hydrogen) atoms. The van der Waals surface area contributed by atoms with E-state index in [4.69, 9.17) is 11.2 Å². The van der Waals surface area contributed by atoms with Crippen molar-refractivity contribution in [2.45, 2.75) is 0 Å². The van der Waals surface area contributed by atoms with Crippen LogP contribution in [0.2, 0.25) is 0 Å². The van der Waals surface area contributed by atoms with Gasteiger partial charge >= 0.3 is 51.4 Å². The summed E-state index contributed by atoms with van der Waals surface area (Å²) in [6.45, 7) is 0.234. The summed E-state index contributed by atoms with van der Waals surface area (Å²) in [7, 11) is 0. The number of rotatable bonds is 2. The molecule has 0 aliphatic carbocycles. The van der Waals surface area contributed by atoms with E-state index in [1.54, 1.807) is 12.1 Å². The van der Waals surface area contributed by atoms with Crippen molar-refractivity contribution in [1.29, 1.82) is 0 Å². The van der Waals surface area contributed by atoms with E-state index in [2.05, 4.69) is 5.92 Å². The normalized spacial score (nSPS) is 7.92. The van der Waals surface area contributed by atoms with Crippen LogP contribution in [0.25, 0.3) is 0 Å². The Morgan fingerprint density at radius 1 is 1.33 bits per heavy atom. The van der Waals surface area contributed by atoms with Gasteiger partial charge in [0.2, 0.25) is 0 Å². The molecule has 0 atom stereocenters. The fraction of sp³-hybridized carbons (Fsp3) is 0.111. The molecule has 3 heteroatoms. The molecule has 0 aliphatic heterocycles. The van der Waals surface area contributed by atoms with E-state index in [0.29, 0.717) is 5.75 Å². The maximum Gasteiger partial charge on any atom is 1.00 e. The zero-order valence-corrected chi connectivity index (χ0v) is 10.0. The Hall–Kier alpha value is 0.0164. The summed E-state index contributed by atoms with van der Waals surface area (Å²) in [6.07, 6.45) is 4.97. The summed E-state index contributed by atoms with van der Waals surface area (Å²) in [4.78, 5) is 0. The van der Waals surface area contributed by atoms with E-state index in [1.165, 1.54) is 12.1 Å². The molecule has 0 bridgehead atoms. The molecule has 0 radical (unpaired) electrons. The Kier molecular flexibility index (Phi) is 6.53. The Labute approximate surface area is 114 Å². The summed E-state index contributed by atoms with van der Waals surface area (Å²) in [5.74, 6) is 2.93. The average Bonchev–Trinajstić information content (AvgIpc) is 2.04. The van der Waals surface area contributed by atoms with Crippen molar-refractivity contribution in [2.24, 2.45) is 0 Å². The first-order valence-corrected chi connectivity index (χ1v) is 3.16. The molecule has 0 unspecified atom stereocenters. The molecule has 1 aromatic rings. The third-order valence-electron chi connectivity index (χ3n) is 1.15. The molecule has 0 fully saturated rings. The monoisotopic (exact) mass is 186 g/mol. The molecule has 0 aromatic heterocycles. The van der Waals surface area contributed by atoms with E-state index < -0.39 is 0 Å². The van der Waals surface area contributed by atoms with E-state index in [9.17, 15) is 5.11 Å². The summed E-state index contributed by atoms with van der Waals surface area (Å²) < 4.78 is 5.04. The Balaban J connectivity index is 0.00000121. The van der Waals surface area contributed by atoms with Crippen LogP contribution < -0.4 is 61.2 Å². The molecule has 1 rings (SSSR count). The first-order chi connectivity index (χ1) is 5.33. The van der Waals surface area contributed by atoms with Crippen molar-refractivity contribution < 1.29 is 61.2 Å². The van der Waals surface area contributed by atoms with Gasteiger partial charge in [0.15, 0.2) is 0 Å². The summed E-state index contributed by atoms with van der Waals surface area (Å²) in [5, 5.41) is 10.6. The first-order valence-electron chi connectivity index (χ1n) is 3.16. The predicted molar refractivity (Wildman–Crippen MR) is 40.2 cm³/mol. The Bertz CT molecular complexity index is 261. The second-order valence-corrected chi connectivity index (χ2v) is 1.96. The first kappa shape index (κ1) is 12.0. The van der Waals surface area contributed by atoms with Crippen molar-refractivity contribution in [2.75, 3.05) is 6.61 Å². The summed E-state index contributed by atoms with van der Waals surface area (Å²) in [5.41, 5.74) is 0. The van der Waals surface area contributed by atoms with Crippen LogP contribution in [-0.4, -0.2) is 6.61 Å². The summed E-state index contributed by atoms with van der Waals surface area (Å²) >= 11 is 0. The van der Waals surface area contributed by atoms with Gasteiger partial charge in [-0.25, -0.2) is 0 Å². The average molecular weight is 186 g/mol. The zero-order valence-electron chi connectivity index (χ0n) is 6.91. The van der Waals surface area contributed by atoms with Gasteiger partial charge in [-0.2, -0.15) is 0 Å². The summed E-state index contributed by atoms with van der Waals surface area (Å²) in [6, 6.07) is 6.07. The molecule has 0 N–H and O–H groups in total. The fourth-order valence-corrected chi connectivity index (χ4v) is 0.661. The fourth-order valence-electron chi connectivity index (χ4n) is 0.661. The van der Waals surface area contributed by atoms with Crippen LogP contribution in [0.15, 0.2) is 24.3 Å². The molecule has 0 amide bonds. The maximum absolute atomic E-state index is 10.6. The minimum atomic E-state index is -0.0296. The molecular formula is C9H7KO2. The van der Waals surface area contributed by atoms with Crippen molar-refractivity contribution in [3.8, 4) is 23.8 Å². The van der Waals surface area contributed by atoms with Crippen molar-refractivity contribution >= 4 is 0 Å². The largest absolute Gasteiger partial charge is 1.00 e. The number of terminal acetylenes is 1. The van der Waals surface area contributed by atoms with Crippen LogP contribution >= 0.6 is 0 Å². The topological polar surface area (TPSA) is 32.3 Å². The second-order valence-electron chi connectivity index (χ2n) is 1.96. The predicted octanol–water partition coefficient (Wildman–Crippen LogP) is -2.22. The minimum absolute atomic E-state index is 0. The van der Waals surface area contributed by atoms with Crippen molar-refractivity contribution in [3.05, 3.63) is 24.3 Å². The molecule has 1 aromatic carbocycles. The van der Waals surface area contributed by atoms with Crippen LogP contribution in [0.1, 0.15) is 0 Å². The van der Waals surface area contributed by atoms with Crippen LogP contribution in [0, 0.1) is 12.3 Å². The quantitative estimate of drug-likeness (QED) is 0.387. The number of hydrogen-bond donors (Lipinski definition) is 0. The van der Waals surface area contributed by atoms with Crippen molar-refractivity contribution in [3.63, 3.8) is 0 Å². The van der Waals surface area contributed by atoms with Gasteiger partial charge in [-0.15, -0.1) is 12.2 Å². The second kappa shape index (κ2) is 6.52. The van der Waals surface area contributed by atoms with Crippen LogP contribution in [0.3, 0.4) is 0 Å². The Morgan fingerprint density at radius 3 is 2.42 bits per heavy atom. The van der Waals surface area contributed by atoms with E-state index in [1.807, 2.05) is 0 Å². The van der Waals surface area contributed by atoms with Gasteiger partial charge in [-0.3, -0.25) is 0 Å². The Morgan fingerprint density at radius 2 is 1.92 bits per heavy atom. The molecule has 56 valence electrons. The molecular weight excluding hydrogens is 179 g/mol. The van der Waals surface area contributed by atoms with Crippen LogP contribution in [-0.2, 0) is 0 Å². The van der Waals surface area contributed by atoms with Crippen LogP contribution in [0.4, 0.5) is 0 Å². The van der Waals surface area contributed by atoms with Gasteiger partial charge in [0, 0.05) is 0 Å². The third kappa shape index (κ3) is 4.14. The molecule has 0 saturated heterocycles. The number of benzene rings is 1. The van der Waals surface area contributed by atoms with Crippen LogP contribution in [0.5, 0.6) is 11.5 Å². The number of hydrogen-bond acceptors (Lipinski definition) is 2. The minimum Gasteiger partial charge on any atom is -0.872 e. The third-order valence-corrected chi connectivity index (χ3v) is 1.15. The molecule has 2 nitrogen and oxygen atoms in total. The van der Waals surface area contributed by atoms with E-state index in [0.717, 1.165) is 0 Å². The molecule has 0 spiro atoms. The smallest absolute Gasteiger partial charge is 0.872 e. The van der Waals surface area contributed by atoms with Gasteiger partial charge in [0.25, 0.3) is 0 Å². The van der Waals surface area contributed by atoms with Gasteiger partial charge in [-0.05, 0) is 12.1 Å². The van der Waals surface area contributed by atoms with Gasteiger partial charge in [0.05, 0.1) is 0 Å². The zero-order chi connectivity index (χ0) is 8.10. The van der Waals surface area contributed by atoms with Crippen molar-refractivity contribution in [1.82, 2.24) is 0 Å². The van der Waals surface area contributed by atoms with Gasteiger partial charge < -0.3 is 9.84 Å². The maximum atomic E-state index is 10.6. The number of ether oxygens (including phenoxy) is 1. The van der Waals surface area contributed by atoms with E-state index in [-0.39, 0.29) is 63.7 Å². The van der Waals surface area contributed by atoms with Gasteiger partial charge in [-0.1, -0.05) is 18.1 Å². The SMILES string of the molecule is C#CCOc1ccc([O-])cc1.[K+]. The van der Waals surface area contributed by atoms with Gasteiger partial charge in [0.1, 0.15) is 12.4 Å². The molecule has 0 heterocycles.